The highest BCUT2D eigenvalue weighted by Gasteiger charge is 2.24. The van der Waals surface area contributed by atoms with Crippen molar-refractivity contribution >= 4 is 16.8 Å². The largest absolute Gasteiger partial charge is 0.427 e. The van der Waals surface area contributed by atoms with Gasteiger partial charge in [-0.3, -0.25) is 9.78 Å². The van der Waals surface area contributed by atoms with E-state index >= 15 is 0 Å². The van der Waals surface area contributed by atoms with E-state index in [1.54, 1.807) is 25.1 Å². The van der Waals surface area contributed by atoms with Crippen molar-refractivity contribution in [1.29, 1.82) is 0 Å². The van der Waals surface area contributed by atoms with Crippen LogP contribution in [0.5, 0.6) is 0 Å². The number of piperidine rings is 1. The molecule has 29 heavy (non-hydrogen) atoms. The average Bonchev–Trinajstić information content (AvgIpc) is 2.74. The van der Waals surface area contributed by atoms with Gasteiger partial charge >= 0.3 is 5.63 Å². The molecule has 2 aromatic heterocycles. The summed E-state index contributed by atoms with van der Waals surface area (Å²) >= 11 is 0. The van der Waals surface area contributed by atoms with Crippen molar-refractivity contribution in [3.8, 4) is 0 Å². The third-order valence-electron chi connectivity index (χ3n) is 5.57. The molecule has 3 heterocycles. The first-order valence-corrected chi connectivity index (χ1v) is 9.98. The number of fused-ring (bicyclic) bond motifs is 1. The molecular formula is C23H25N3O3. The van der Waals surface area contributed by atoms with Gasteiger partial charge in [-0.1, -0.05) is 18.2 Å². The number of hydrogen-bond donors (Lipinski definition) is 1. The van der Waals surface area contributed by atoms with Crippen LogP contribution >= 0.6 is 0 Å². The predicted molar refractivity (Wildman–Crippen MR) is 112 cm³/mol. The molecule has 1 atom stereocenters. The summed E-state index contributed by atoms with van der Waals surface area (Å²) in [4.78, 5) is 31.6. The van der Waals surface area contributed by atoms with Crippen LogP contribution in [0.1, 0.15) is 46.0 Å². The summed E-state index contributed by atoms with van der Waals surface area (Å²) in [6.07, 6.45) is 3.77. The maximum absolute atomic E-state index is 13.1. The number of nitrogens with one attached hydrogen (secondary N) is 1. The van der Waals surface area contributed by atoms with E-state index in [-0.39, 0.29) is 17.4 Å². The molecule has 0 spiro atoms. The first-order chi connectivity index (χ1) is 14.0. The lowest BCUT2D eigenvalue weighted by molar-refractivity contribution is 0.0779. The van der Waals surface area contributed by atoms with E-state index in [0.29, 0.717) is 17.9 Å². The minimum absolute atomic E-state index is 0.110. The minimum Gasteiger partial charge on any atom is -0.427 e. The first kappa shape index (κ1) is 19.3. The highest BCUT2D eigenvalue weighted by molar-refractivity contribution is 5.95. The van der Waals surface area contributed by atoms with Crippen molar-refractivity contribution in [2.24, 2.45) is 0 Å². The number of benzene rings is 1. The van der Waals surface area contributed by atoms with Gasteiger partial charge < -0.3 is 14.6 Å². The second-order valence-corrected chi connectivity index (χ2v) is 7.69. The molecule has 0 aliphatic carbocycles. The van der Waals surface area contributed by atoms with Crippen molar-refractivity contribution in [3.05, 3.63) is 75.5 Å². The molecule has 0 saturated carbocycles. The number of rotatable bonds is 4. The molecule has 6 heteroatoms. The van der Waals surface area contributed by atoms with Crippen molar-refractivity contribution in [2.45, 2.75) is 32.2 Å². The highest BCUT2D eigenvalue weighted by Crippen LogP contribution is 2.24. The molecule has 3 aromatic rings. The molecule has 4 rings (SSSR count). The van der Waals surface area contributed by atoms with Crippen LogP contribution in [0.3, 0.4) is 0 Å². The van der Waals surface area contributed by atoms with Crippen molar-refractivity contribution in [2.75, 3.05) is 20.1 Å². The van der Waals surface area contributed by atoms with E-state index in [0.717, 1.165) is 42.4 Å². The van der Waals surface area contributed by atoms with Crippen LogP contribution in [0.15, 0.2) is 51.8 Å². The van der Waals surface area contributed by atoms with Gasteiger partial charge in [-0.15, -0.1) is 0 Å². The van der Waals surface area contributed by atoms with Gasteiger partial charge in [0.2, 0.25) is 0 Å². The maximum Gasteiger partial charge on any atom is 0.349 e. The number of nitrogens with zero attached hydrogens (tertiary/aromatic N) is 2. The second kappa shape index (κ2) is 8.17. The molecule has 1 aliphatic rings. The van der Waals surface area contributed by atoms with Gasteiger partial charge in [0, 0.05) is 37.6 Å². The Labute approximate surface area is 169 Å². The zero-order valence-corrected chi connectivity index (χ0v) is 16.8. The molecule has 1 unspecified atom stereocenters. The molecule has 0 bridgehead atoms. The third-order valence-corrected chi connectivity index (χ3v) is 5.57. The smallest absolute Gasteiger partial charge is 0.349 e. The molecule has 150 valence electrons. The Morgan fingerprint density at radius 3 is 2.90 bits per heavy atom. The normalized spacial score (nSPS) is 16.7. The van der Waals surface area contributed by atoms with Gasteiger partial charge in [-0.2, -0.15) is 0 Å². The fourth-order valence-electron chi connectivity index (χ4n) is 4.00. The Morgan fingerprint density at radius 1 is 1.31 bits per heavy atom. The zero-order valence-electron chi connectivity index (χ0n) is 16.8. The van der Waals surface area contributed by atoms with Crippen LogP contribution in [-0.4, -0.2) is 35.9 Å². The highest BCUT2D eigenvalue weighted by atomic mass is 16.4. The van der Waals surface area contributed by atoms with Crippen LogP contribution in [0.25, 0.3) is 10.9 Å². The summed E-state index contributed by atoms with van der Waals surface area (Å²) in [6.45, 7) is 3.98. The molecule has 1 aliphatic heterocycles. The summed E-state index contributed by atoms with van der Waals surface area (Å²) in [5.41, 5.74) is 2.09. The van der Waals surface area contributed by atoms with Gasteiger partial charge in [-0.25, -0.2) is 4.79 Å². The van der Waals surface area contributed by atoms with Crippen LogP contribution < -0.4 is 10.9 Å². The SMILES string of the molecule is Cc1cc(C2CCCNC2)oc(=O)c1C(=O)N(C)Cc1ccnc2ccccc12. The number of carbonyl (C=O) groups is 1. The quantitative estimate of drug-likeness (QED) is 0.739. The Balaban J connectivity index is 1.59. The summed E-state index contributed by atoms with van der Waals surface area (Å²) < 4.78 is 5.57. The zero-order chi connectivity index (χ0) is 20.4. The Morgan fingerprint density at radius 2 is 2.14 bits per heavy atom. The second-order valence-electron chi connectivity index (χ2n) is 7.69. The standard InChI is InChI=1S/C23H25N3O3/c1-15-12-20(16-6-5-10-24-13-16)29-23(28)21(15)22(27)26(2)14-17-9-11-25-19-8-4-3-7-18(17)19/h3-4,7-9,11-12,16,24H,5-6,10,13-14H2,1-2H3. The number of carbonyl (C=O) groups excluding carboxylic acids is 1. The van der Waals surface area contributed by atoms with Crippen LogP contribution in [-0.2, 0) is 6.54 Å². The average molecular weight is 391 g/mol. The predicted octanol–water partition coefficient (Wildman–Crippen LogP) is 3.24. The van der Waals surface area contributed by atoms with E-state index in [9.17, 15) is 9.59 Å². The van der Waals surface area contributed by atoms with Crippen molar-refractivity contribution in [3.63, 3.8) is 0 Å². The molecule has 1 N–H and O–H groups in total. The number of aryl methyl sites for hydroxylation is 1. The van der Waals surface area contributed by atoms with E-state index < -0.39 is 5.63 Å². The van der Waals surface area contributed by atoms with Gasteiger partial charge in [0.1, 0.15) is 11.3 Å². The van der Waals surface area contributed by atoms with Crippen LogP contribution in [0.2, 0.25) is 0 Å². The Hall–Kier alpha value is -2.99. The number of pyridine rings is 1. The number of para-hydroxylation sites is 1. The van der Waals surface area contributed by atoms with E-state index in [1.807, 2.05) is 36.4 Å². The van der Waals surface area contributed by atoms with Gasteiger partial charge in [0.05, 0.1) is 5.52 Å². The summed E-state index contributed by atoms with van der Waals surface area (Å²) in [5.74, 6) is 0.518. The number of aromatic nitrogens is 1. The molecule has 0 radical (unpaired) electrons. The fourth-order valence-corrected chi connectivity index (χ4v) is 4.00. The van der Waals surface area contributed by atoms with Gasteiger partial charge in [0.25, 0.3) is 5.91 Å². The van der Waals surface area contributed by atoms with E-state index in [4.69, 9.17) is 4.42 Å². The molecule has 6 nitrogen and oxygen atoms in total. The molecule has 1 saturated heterocycles. The summed E-state index contributed by atoms with van der Waals surface area (Å²) in [5, 5.41) is 4.33. The third kappa shape index (κ3) is 3.93. The minimum atomic E-state index is -0.554. The maximum atomic E-state index is 13.1. The number of amides is 1. The lowest BCUT2D eigenvalue weighted by Crippen LogP contribution is -2.33. The monoisotopic (exact) mass is 391 g/mol. The van der Waals surface area contributed by atoms with Gasteiger partial charge in [0.15, 0.2) is 0 Å². The topological polar surface area (TPSA) is 75.4 Å². The number of hydrogen-bond acceptors (Lipinski definition) is 5. The lowest BCUT2D eigenvalue weighted by Gasteiger charge is -2.23. The van der Waals surface area contributed by atoms with E-state index in [1.165, 1.54) is 0 Å². The van der Waals surface area contributed by atoms with Crippen molar-refractivity contribution in [1.82, 2.24) is 15.2 Å². The summed E-state index contributed by atoms with van der Waals surface area (Å²) in [7, 11) is 1.70. The molecule has 1 amide bonds. The molecule has 1 aromatic carbocycles. The van der Waals surface area contributed by atoms with Crippen molar-refractivity contribution < 1.29 is 9.21 Å². The van der Waals surface area contributed by atoms with Gasteiger partial charge in [-0.05, 0) is 55.6 Å². The van der Waals surface area contributed by atoms with E-state index in [2.05, 4.69) is 10.3 Å². The Bertz CT molecular complexity index is 1090. The summed E-state index contributed by atoms with van der Waals surface area (Å²) in [6, 6.07) is 11.6. The first-order valence-electron chi connectivity index (χ1n) is 9.98. The van der Waals surface area contributed by atoms with Crippen LogP contribution in [0, 0.1) is 6.92 Å². The molecule has 1 fully saturated rings. The lowest BCUT2D eigenvalue weighted by atomic mass is 9.95. The Kier molecular flexibility index (Phi) is 5.45. The molecular weight excluding hydrogens is 366 g/mol. The van der Waals surface area contributed by atoms with Crippen LogP contribution in [0.4, 0.5) is 0 Å². The fraction of sp³-hybridized carbons (Fsp3) is 0.348.